The number of hydrogen-bond donors (Lipinski definition) is 0. The fourth-order valence-electron chi connectivity index (χ4n) is 3.54. The summed E-state index contributed by atoms with van der Waals surface area (Å²) in [5.41, 5.74) is 0.305. The summed E-state index contributed by atoms with van der Waals surface area (Å²) in [5.74, 6) is -0.123. The van der Waals surface area contributed by atoms with E-state index < -0.39 is 0 Å². The van der Waals surface area contributed by atoms with Gasteiger partial charge in [-0.05, 0) is 42.8 Å². The van der Waals surface area contributed by atoms with Crippen molar-refractivity contribution < 1.29 is 18.3 Å². The van der Waals surface area contributed by atoms with Crippen LogP contribution in [0.1, 0.15) is 12.8 Å². The van der Waals surface area contributed by atoms with Crippen molar-refractivity contribution in [1.29, 1.82) is 0 Å². The number of nitrogens with zero attached hydrogens (tertiary/aromatic N) is 3. The lowest BCUT2D eigenvalue weighted by molar-refractivity contribution is -0.118. The van der Waals surface area contributed by atoms with Crippen LogP contribution >= 0.6 is 23.1 Å². The van der Waals surface area contributed by atoms with E-state index in [-0.39, 0.29) is 17.5 Å². The minimum Gasteiger partial charge on any atom is -0.379 e. The van der Waals surface area contributed by atoms with Crippen LogP contribution in [0.5, 0.6) is 0 Å². The predicted molar refractivity (Wildman–Crippen MR) is 126 cm³/mol. The largest absolute Gasteiger partial charge is 0.379 e. The number of carbonyl (C=O) groups excluding carboxylic acids is 1. The number of aromatic nitrogens is 1. The molecule has 5 nitrogen and oxygen atoms in total. The van der Waals surface area contributed by atoms with Gasteiger partial charge in [-0.1, -0.05) is 17.4 Å². The van der Waals surface area contributed by atoms with Crippen LogP contribution in [-0.4, -0.2) is 60.9 Å². The lowest BCUT2D eigenvalue weighted by Gasteiger charge is -2.27. The number of fused-ring (bicyclic) bond motifs is 1. The molecule has 2 aromatic carbocycles. The molecule has 0 bridgehead atoms. The molecule has 1 amide bonds. The van der Waals surface area contributed by atoms with Crippen molar-refractivity contribution in [2.45, 2.75) is 17.7 Å². The average Bonchev–Trinajstić information content (AvgIpc) is 3.24. The summed E-state index contributed by atoms with van der Waals surface area (Å²) in [5, 5.41) is 0.531. The van der Waals surface area contributed by atoms with Gasteiger partial charge in [-0.3, -0.25) is 14.6 Å². The first-order chi connectivity index (χ1) is 15.6. The minimum absolute atomic E-state index is 0.0407. The molecule has 1 aliphatic rings. The van der Waals surface area contributed by atoms with Gasteiger partial charge in [-0.15, -0.1) is 11.8 Å². The number of morpholine rings is 1. The zero-order chi connectivity index (χ0) is 22.3. The molecule has 0 saturated carbocycles. The van der Waals surface area contributed by atoms with Crippen LogP contribution in [0.2, 0.25) is 0 Å². The quantitative estimate of drug-likeness (QED) is 0.414. The molecule has 0 N–H and O–H groups in total. The number of ether oxygens (including phenoxy) is 1. The van der Waals surface area contributed by atoms with Crippen LogP contribution in [0, 0.1) is 11.6 Å². The molecule has 1 fully saturated rings. The third-order valence-electron chi connectivity index (χ3n) is 5.25. The topological polar surface area (TPSA) is 45.7 Å². The van der Waals surface area contributed by atoms with Gasteiger partial charge in [-0.25, -0.2) is 13.8 Å². The third kappa shape index (κ3) is 6.04. The molecule has 32 heavy (non-hydrogen) atoms. The van der Waals surface area contributed by atoms with Crippen LogP contribution in [-0.2, 0) is 9.53 Å². The van der Waals surface area contributed by atoms with Gasteiger partial charge in [0, 0.05) is 43.2 Å². The maximum Gasteiger partial charge on any atom is 0.229 e. The molecule has 9 heteroatoms. The molecule has 0 atom stereocenters. The van der Waals surface area contributed by atoms with Gasteiger partial charge in [0.25, 0.3) is 0 Å². The first kappa shape index (κ1) is 23.1. The van der Waals surface area contributed by atoms with E-state index in [1.807, 2.05) is 6.07 Å². The highest BCUT2D eigenvalue weighted by molar-refractivity contribution is 7.99. The Morgan fingerprint density at radius 2 is 1.94 bits per heavy atom. The summed E-state index contributed by atoms with van der Waals surface area (Å²) in [6.45, 7) is 4.67. The SMILES string of the molecule is O=C(CCSc1ccc(F)cc1)N(CCCN1CCOCC1)c1nc2c(F)cccc2s1. The average molecular weight is 478 g/mol. The Balaban J connectivity index is 1.42. The number of amides is 1. The van der Waals surface area contributed by atoms with E-state index in [0.29, 0.717) is 29.4 Å². The summed E-state index contributed by atoms with van der Waals surface area (Å²) < 4.78 is 33.4. The molecule has 4 rings (SSSR count). The molecular weight excluding hydrogens is 452 g/mol. The lowest BCUT2D eigenvalue weighted by Crippen LogP contribution is -2.39. The number of halogens is 2. The number of thioether (sulfide) groups is 1. The number of para-hydroxylation sites is 1. The summed E-state index contributed by atoms with van der Waals surface area (Å²) in [6.07, 6.45) is 1.12. The van der Waals surface area contributed by atoms with Gasteiger partial charge in [0.05, 0.1) is 17.9 Å². The van der Waals surface area contributed by atoms with Gasteiger partial charge >= 0.3 is 0 Å². The van der Waals surface area contributed by atoms with E-state index in [0.717, 1.165) is 48.9 Å². The molecule has 0 aliphatic carbocycles. The predicted octanol–water partition coefficient (Wildman–Crippen LogP) is 4.81. The van der Waals surface area contributed by atoms with Gasteiger partial charge in [-0.2, -0.15) is 0 Å². The number of rotatable bonds is 9. The monoisotopic (exact) mass is 477 g/mol. The second-order valence-corrected chi connectivity index (χ2v) is 9.67. The van der Waals surface area contributed by atoms with Crippen molar-refractivity contribution in [1.82, 2.24) is 9.88 Å². The van der Waals surface area contributed by atoms with E-state index in [1.165, 1.54) is 41.3 Å². The summed E-state index contributed by atoms with van der Waals surface area (Å²) in [4.78, 5) is 22.5. The van der Waals surface area contributed by atoms with Gasteiger partial charge in [0.15, 0.2) is 5.13 Å². The van der Waals surface area contributed by atoms with Crippen LogP contribution in [0.15, 0.2) is 47.4 Å². The minimum atomic E-state index is -0.377. The molecule has 0 spiro atoms. The number of anilines is 1. The molecule has 3 aromatic rings. The normalized spacial score (nSPS) is 14.7. The van der Waals surface area contributed by atoms with Crippen molar-refractivity contribution in [3.8, 4) is 0 Å². The number of thiazole rings is 1. The Bertz CT molecular complexity index is 1040. The summed E-state index contributed by atoms with van der Waals surface area (Å²) >= 11 is 2.85. The van der Waals surface area contributed by atoms with E-state index in [1.54, 1.807) is 23.1 Å². The van der Waals surface area contributed by atoms with E-state index >= 15 is 0 Å². The van der Waals surface area contributed by atoms with E-state index in [2.05, 4.69) is 9.88 Å². The maximum atomic E-state index is 14.2. The fourth-order valence-corrected chi connectivity index (χ4v) is 5.41. The van der Waals surface area contributed by atoms with Crippen molar-refractivity contribution in [2.75, 3.05) is 50.0 Å². The first-order valence-electron chi connectivity index (χ1n) is 10.6. The van der Waals surface area contributed by atoms with Crippen LogP contribution in [0.3, 0.4) is 0 Å². The second kappa shape index (κ2) is 11.2. The van der Waals surface area contributed by atoms with Gasteiger partial charge in [0.2, 0.25) is 5.91 Å². The second-order valence-electron chi connectivity index (χ2n) is 7.49. The number of hydrogen-bond acceptors (Lipinski definition) is 6. The first-order valence-corrected chi connectivity index (χ1v) is 12.4. The van der Waals surface area contributed by atoms with Gasteiger partial charge < -0.3 is 4.74 Å². The molecule has 1 aliphatic heterocycles. The molecule has 2 heterocycles. The number of benzene rings is 2. The Labute approximate surface area is 194 Å². The Morgan fingerprint density at radius 3 is 2.69 bits per heavy atom. The molecule has 1 saturated heterocycles. The van der Waals surface area contributed by atoms with Crippen molar-refractivity contribution in [2.24, 2.45) is 0 Å². The van der Waals surface area contributed by atoms with Gasteiger partial charge in [0.1, 0.15) is 17.2 Å². The van der Waals surface area contributed by atoms with Crippen molar-refractivity contribution in [3.05, 3.63) is 54.1 Å². The van der Waals surface area contributed by atoms with E-state index in [4.69, 9.17) is 4.74 Å². The lowest BCUT2D eigenvalue weighted by atomic mass is 10.3. The molecule has 1 aromatic heterocycles. The standard InChI is InChI=1S/C23H25F2N3O2S2/c24-17-5-7-18(8-6-17)31-16-9-21(29)28(11-2-10-27-12-14-30-15-13-27)23-26-22-19(25)3-1-4-20(22)32-23/h1,3-8H,2,9-16H2. The molecule has 0 radical (unpaired) electrons. The van der Waals surface area contributed by atoms with Crippen molar-refractivity contribution >= 4 is 44.4 Å². The van der Waals surface area contributed by atoms with Crippen LogP contribution in [0.25, 0.3) is 10.2 Å². The highest BCUT2D eigenvalue weighted by atomic mass is 32.2. The zero-order valence-corrected chi connectivity index (χ0v) is 19.3. The number of carbonyl (C=O) groups is 1. The Kier molecular flexibility index (Phi) is 8.07. The van der Waals surface area contributed by atoms with E-state index in [9.17, 15) is 13.6 Å². The fraction of sp³-hybridized carbons (Fsp3) is 0.391. The molecular formula is C23H25F2N3O2S2. The summed E-state index contributed by atoms with van der Waals surface area (Å²) in [7, 11) is 0. The smallest absolute Gasteiger partial charge is 0.229 e. The van der Waals surface area contributed by atoms with Crippen LogP contribution in [0.4, 0.5) is 13.9 Å². The maximum absolute atomic E-state index is 14.2. The Morgan fingerprint density at radius 1 is 1.16 bits per heavy atom. The molecule has 0 unspecified atom stereocenters. The zero-order valence-electron chi connectivity index (χ0n) is 17.6. The highest BCUT2D eigenvalue weighted by Crippen LogP contribution is 2.31. The molecule has 170 valence electrons. The Hall–Kier alpha value is -2.07. The highest BCUT2D eigenvalue weighted by Gasteiger charge is 2.21. The van der Waals surface area contributed by atoms with Crippen molar-refractivity contribution in [3.63, 3.8) is 0 Å². The summed E-state index contributed by atoms with van der Waals surface area (Å²) in [6, 6.07) is 11.1. The third-order valence-corrected chi connectivity index (χ3v) is 7.31. The van der Waals surface area contributed by atoms with Crippen LogP contribution < -0.4 is 4.90 Å².